The molecule has 3 N–H and O–H groups in total. The molecule has 2 aromatic heterocycles. The summed E-state index contributed by atoms with van der Waals surface area (Å²) in [5.74, 6) is -0.571. The fraction of sp³-hybridized carbons (Fsp3) is 0.238. The maximum absolute atomic E-state index is 15.8. The van der Waals surface area contributed by atoms with Crippen LogP contribution in [0.25, 0.3) is 32.2 Å². The molecule has 0 bridgehead atoms. The summed E-state index contributed by atoms with van der Waals surface area (Å²) in [6, 6.07) is 6.46. The van der Waals surface area contributed by atoms with Crippen LogP contribution in [0.2, 0.25) is 5.02 Å². The number of rotatable bonds is 3. The second-order valence-electron chi connectivity index (χ2n) is 7.42. The van der Waals surface area contributed by atoms with E-state index >= 15 is 4.39 Å². The third-order valence-corrected chi connectivity index (χ3v) is 6.67. The molecule has 0 saturated carbocycles. The lowest BCUT2D eigenvalue weighted by Crippen LogP contribution is -2.50. The molecule has 0 aliphatic carbocycles. The van der Waals surface area contributed by atoms with Gasteiger partial charge in [0.2, 0.25) is 0 Å². The number of nitriles is 1. The molecular formula is C21H16ClF2N7S. The van der Waals surface area contributed by atoms with E-state index in [1.165, 1.54) is 18.5 Å². The fourth-order valence-corrected chi connectivity index (χ4v) is 5.13. The van der Waals surface area contributed by atoms with Gasteiger partial charge in [-0.15, -0.1) is 0 Å². The summed E-state index contributed by atoms with van der Waals surface area (Å²) < 4.78 is 30.3. The normalized spacial score (nSPS) is 16.6. The zero-order valence-electron chi connectivity index (χ0n) is 16.6. The van der Waals surface area contributed by atoms with Crippen molar-refractivity contribution in [1.82, 2.24) is 20.3 Å². The van der Waals surface area contributed by atoms with Gasteiger partial charge in [0.1, 0.15) is 23.5 Å². The minimum Gasteiger partial charge on any atom is -0.375 e. The molecule has 2 aromatic carbocycles. The maximum atomic E-state index is 15.8. The number of hydrogen-bond donors (Lipinski definition) is 2. The van der Waals surface area contributed by atoms with Crippen molar-refractivity contribution in [3.05, 3.63) is 41.2 Å². The molecule has 1 fully saturated rings. The van der Waals surface area contributed by atoms with E-state index in [0.29, 0.717) is 42.8 Å². The van der Waals surface area contributed by atoms with Gasteiger partial charge in [-0.1, -0.05) is 22.9 Å². The van der Waals surface area contributed by atoms with Crippen molar-refractivity contribution in [2.45, 2.75) is 12.5 Å². The highest BCUT2D eigenvalue weighted by molar-refractivity contribution is 7.22. The van der Waals surface area contributed by atoms with Crippen LogP contribution in [0, 0.1) is 23.0 Å². The van der Waals surface area contributed by atoms with E-state index in [-0.39, 0.29) is 37.5 Å². The number of benzene rings is 2. The smallest absolute Gasteiger partial charge is 0.181 e. The number of thiazole rings is 1. The van der Waals surface area contributed by atoms with Gasteiger partial charge >= 0.3 is 0 Å². The molecule has 1 atom stereocenters. The van der Waals surface area contributed by atoms with Gasteiger partial charge in [0, 0.05) is 42.2 Å². The van der Waals surface area contributed by atoms with Crippen molar-refractivity contribution in [1.29, 1.82) is 5.26 Å². The van der Waals surface area contributed by atoms with Gasteiger partial charge in [-0.05, 0) is 18.2 Å². The van der Waals surface area contributed by atoms with Gasteiger partial charge in [0.25, 0.3) is 0 Å². The van der Waals surface area contributed by atoms with Crippen molar-refractivity contribution < 1.29 is 8.78 Å². The molecule has 1 aliphatic heterocycles. The van der Waals surface area contributed by atoms with Crippen LogP contribution >= 0.6 is 22.9 Å². The second kappa shape index (κ2) is 8.09. The SMILES string of the molecule is N#CC[C@H]1CN(c2ncnc3c(F)c(-c4ccc(F)c5sc(N)nc45)c(Cl)cc23)CCN1. The zero-order chi connectivity index (χ0) is 22.4. The number of nitrogen functional groups attached to an aromatic ring is 1. The van der Waals surface area contributed by atoms with Crippen LogP contribution in [0.4, 0.5) is 19.7 Å². The Morgan fingerprint density at radius 1 is 1.31 bits per heavy atom. The predicted octanol–water partition coefficient (Wildman–Crippen LogP) is 4.11. The van der Waals surface area contributed by atoms with Crippen LogP contribution in [0.1, 0.15) is 6.42 Å². The number of nitrogens with one attached hydrogen (secondary N) is 1. The Morgan fingerprint density at radius 3 is 2.97 bits per heavy atom. The summed E-state index contributed by atoms with van der Waals surface area (Å²) in [4.78, 5) is 14.7. The van der Waals surface area contributed by atoms with Gasteiger partial charge in [0.15, 0.2) is 10.9 Å². The number of nitrogens with zero attached hydrogens (tertiary/aromatic N) is 5. The highest BCUT2D eigenvalue weighted by Gasteiger charge is 2.25. The molecule has 1 aliphatic rings. The molecule has 0 amide bonds. The lowest BCUT2D eigenvalue weighted by atomic mass is 10.0. The Kier molecular flexibility index (Phi) is 5.25. The van der Waals surface area contributed by atoms with Crippen LogP contribution in [0.5, 0.6) is 0 Å². The van der Waals surface area contributed by atoms with Crippen LogP contribution in [-0.4, -0.2) is 40.6 Å². The molecule has 3 heterocycles. The number of hydrogen-bond acceptors (Lipinski definition) is 8. The molecule has 162 valence electrons. The van der Waals surface area contributed by atoms with Crippen molar-refractivity contribution in [3.8, 4) is 17.2 Å². The first-order chi connectivity index (χ1) is 15.5. The largest absolute Gasteiger partial charge is 0.375 e. The van der Waals surface area contributed by atoms with E-state index in [4.69, 9.17) is 22.6 Å². The Hall–Kier alpha value is -3.13. The number of nitrogens with two attached hydrogens (primary N) is 1. The molecule has 11 heteroatoms. The molecule has 5 rings (SSSR count). The Labute approximate surface area is 190 Å². The summed E-state index contributed by atoms with van der Waals surface area (Å²) in [5, 5.41) is 13.1. The Bertz CT molecular complexity index is 1400. The second-order valence-corrected chi connectivity index (χ2v) is 8.86. The lowest BCUT2D eigenvalue weighted by molar-refractivity contribution is 0.461. The summed E-state index contributed by atoms with van der Waals surface area (Å²) >= 11 is 7.55. The van der Waals surface area contributed by atoms with Crippen molar-refractivity contribution in [2.24, 2.45) is 0 Å². The first-order valence-electron chi connectivity index (χ1n) is 9.80. The monoisotopic (exact) mass is 471 g/mol. The molecular weight excluding hydrogens is 456 g/mol. The van der Waals surface area contributed by atoms with Gasteiger partial charge in [-0.3, -0.25) is 0 Å². The Morgan fingerprint density at radius 2 is 2.16 bits per heavy atom. The molecule has 7 nitrogen and oxygen atoms in total. The number of anilines is 2. The molecule has 0 radical (unpaired) electrons. The van der Waals surface area contributed by atoms with Crippen molar-refractivity contribution in [2.75, 3.05) is 30.3 Å². The highest BCUT2D eigenvalue weighted by atomic mass is 35.5. The zero-order valence-corrected chi connectivity index (χ0v) is 18.1. The molecule has 32 heavy (non-hydrogen) atoms. The van der Waals surface area contributed by atoms with Gasteiger partial charge in [-0.25, -0.2) is 23.7 Å². The summed E-state index contributed by atoms with van der Waals surface area (Å²) in [5.41, 5.74) is 6.55. The average Bonchev–Trinajstić information content (AvgIpc) is 3.18. The van der Waals surface area contributed by atoms with Crippen LogP contribution < -0.4 is 16.0 Å². The summed E-state index contributed by atoms with van der Waals surface area (Å²) in [6.07, 6.45) is 1.66. The minimum absolute atomic E-state index is 0.0130. The third-order valence-electron chi connectivity index (χ3n) is 5.47. The third kappa shape index (κ3) is 3.39. The molecule has 0 spiro atoms. The molecule has 1 saturated heterocycles. The quantitative estimate of drug-likeness (QED) is 0.463. The van der Waals surface area contributed by atoms with Crippen LogP contribution in [0.15, 0.2) is 24.5 Å². The molecule has 4 aromatic rings. The van der Waals surface area contributed by atoms with Gasteiger partial charge < -0.3 is 16.0 Å². The fourth-order valence-electron chi connectivity index (χ4n) is 4.07. The van der Waals surface area contributed by atoms with Crippen LogP contribution in [0.3, 0.4) is 0 Å². The van der Waals surface area contributed by atoms with Gasteiger partial charge in [0.05, 0.1) is 27.7 Å². The Balaban J connectivity index is 1.68. The van der Waals surface area contributed by atoms with Crippen molar-refractivity contribution in [3.63, 3.8) is 0 Å². The predicted molar refractivity (Wildman–Crippen MR) is 122 cm³/mol. The standard InChI is InChI=1S/C21H16ClF2N7S/c22-13-7-12-17(28-9-29-20(12)31-6-5-27-10(8-31)3-4-25)16(24)15(13)11-1-2-14(23)19-18(11)30-21(26)32-19/h1-2,7,9-10,27H,3,5-6,8H2,(H2,26,30)/t10-/m0/s1. The number of fused-ring (bicyclic) bond motifs is 2. The first kappa shape index (κ1) is 20.8. The van der Waals surface area contributed by atoms with E-state index in [0.717, 1.165) is 11.3 Å². The maximum Gasteiger partial charge on any atom is 0.181 e. The minimum atomic E-state index is -0.640. The van der Waals surface area contributed by atoms with Gasteiger partial charge in [-0.2, -0.15) is 5.26 Å². The van der Waals surface area contributed by atoms with E-state index < -0.39 is 11.6 Å². The lowest BCUT2D eigenvalue weighted by Gasteiger charge is -2.34. The molecule has 0 unspecified atom stereocenters. The van der Waals surface area contributed by atoms with Crippen LogP contribution in [-0.2, 0) is 0 Å². The summed E-state index contributed by atoms with van der Waals surface area (Å²) in [6.45, 7) is 1.87. The highest BCUT2D eigenvalue weighted by Crippen LogP contribution is 2.42. The summed E-state index contributed by atoms with van der Waals surface area (Å²) in [7, 11) is 0. The number of halogens is 3. The average molecular weight is 472 g/mol. The number of aromatic nitrogens is 3. The van der Waals surface area contributed by atoms with E-state index in [1.54, 1.807) is 6.07 Å². The van der Waals surface area contributed by atoms with E-state index in [1.807, 2.05) is 4.90 Å². The first-order valence-corrected chi connectivity index (χ1v) is 11.0. The van der Waals surface area contributed by atoms with E-state index in [2.05, 4.69) is 26.3 Å². The number of piperazine rings is 1. The topological polar surface area (TPSA) is 104 Å². The van der Waals surface area contributed by atoms with Crippen molar-refractivity contribution >= 4 is 55.0 Å². The van der Waals surface area contributed by atoms with E-state index in [9.17, 15) is 4.39 Å².